The first-order chi connectivity index (χ1) is 17.4. The number of rotatable bonds is 7. The number of aryl methyl sites for hydroxylation is 1. The maximum absolute atomic E-state index is 13.9. The van der Waals surface area contributed by atoms with Gasteiger partial charge in [0.25, 0.3) is 0 Å². The van der Waals surface area contributed by atoms with Crippen molar-refractivity contribution in [1.29, 1.82) is 0 Å². The van der Waals surface area contributed by atoms with E-state index >= 15 is 0 Å². The van der Waals surface area contributed by atoms with Crippen molar-refractivity contribution >= 4 is 22.6 Å². The maximum Gasteiger partial charge on any atom is 0.226 e. The van der Waals surface area contributed by atoms with E-state index < -0.39 is 12.7 Å². The lowest BCUT2D eigenvalue weighted by Gasteiger charge is -2.37. The van der Waals surface area contributed by atoms with Gasteiger partial charge in [-0.3, -0.25) is 9.59 Å². The second-order valence-electron chi connectivity index (χ2n) is 11.8. The van der Waals surface area contributed by atoms with E-state index in [9.17, 15) is 14.0 Å². The van der Waals surface area contributed by atoms with Gasteiger partial charge in [0.15, 0.2) is 5.78 Å². The molecule has 5 rings (SSSR count). The number of carbonyl (C=O) groups is 2. The molecule has 5 nitrogen and oxygen atoms in total. The number of aromatic nitrogens is 1. The van der Waals surface area contributed by atoms with Gasteiger partial charge in [0, 0.05) is 36.1 Å². The highest BCUT2D eigenvalue weighted by atomic mass is 19.1. The third-order valence-electron chi connectivity index (χ3n) is 9.42. The number of halogens is 1. The van der Waals surface area contributed by atoms with Crippen LogP contribution >= 0.6 is 0 Å². The van der Waals surface area contributed by atoms with Gasteiger partial charge in [0.05, 0.1) is 6.04 Å². The molecule has 1 saturated heterocycles. The Morgan fingerprint density at radius 3 is 2.53 bits per heavy atom. The molecule has 0 bridgehead atoms. The van der Waals surface area contributed by atoms with Crippen LogP contribution in [0.5, 0.6) is 0 Å². The Morgan fingerprint density at radius 1 is 1.06 bits per heavy atom. The molecule has 1 aromatic heterocycles. The third-order valence-corrected chi connectivity index (χ3v) is 9.42. The molecule has 36 heavy (non-hydrogen) atoms. The van der Waals surface area contributed by atoms with Gasteiger partial charge in [0.1, 0.15) is 6.67 Å². The Balaban J connectivity index is 1.33. The number of nitrogens with two attached hydrogens (primary N) is 1. The van der Waals surface area contributed by atoms with Gasteiger partial charge in [-0.2, -0.15) is 0 Å². The summed E-state index contributed by atoms with van der Waals surface area (Å²) < 4.78 is 13.1. The van der Waals surface area contributed by atoms with Crippen LogP contribution in [0.3, 0.4) is 0 Å². The minimum Gasteiger partial charge on any atom is -0.359 e. The quantitative estimate of drug-likeness (QED) is 0.533. The highest BCUT2D eigenvalue weighted by Gasteiger charge is 2.46. The predicted octanol–water partition coefficient (Wildman–Crippen LogP) is 5.49. The fraction of sp³-hybridized carbons (Fsp3) is 0.667. The van der Waals surface area contributed by atoms with Crippen LogP contribution in [0.15, 0.2) is 24.3 Å². The second-order valence-corrected chi connectivity index (χ2v) is 11.8. The summed E-state index contributed by atoms with van der Waals surface area (Å²) in [5, 5.41) is 1.13. The molecular formula is C30H42FN3O2. The molecule has 1 amide bonds. The molecule has 6 heteroatoms. The van der Waals surface area contributed by atoms with Crippen molar-refractivity contribution in [3.63, 3.8) is 0 Å². The Labute approximate surface area is 214 Å². The van der Waals surface area contributed by atoms with E-state index in [-0.39, 0.29) is 35.5 Å². The van der Waals surface area contributed by atoms with Crippen LogP contribution in [-0.2, 0) is 16.0 Å². The van der Waals surface area contributed by atoms with Gasteiger partial charge in [-0.05, 0) is 85.9 Å². The van der Waals surface area contributed by atoms with E-state index in [2.05, 4.69) is 23.2 Å². The molecule has 3 aliphatic rings. The molecule has 2 aromatic rings. The Kier molecular flexibility index (Phi) is 7.80. The highest BCUT2D eigenvalue weighted by molar-refractivity contribution is 5.93. The predicted molar refractivity (Wildman–Crippen MR) is 141 cm³/mol. The summed E-state index contributed by atoms with van der Waals surface area (Å²) in [7, 11) is 0. The number of benzene rings is 1. The molecule has 3 N–H and O–H groups in total. The molecule has 3 atom stereocenters. The van der Waals surface area contributed by atoms with Gasteiger partial charge in [-0.1, -0.05) is 38.2 Å². The number of carbonyl (C=O) groups excluding carboxylic acids is 2. The Hall–Kier alpha value is -2.21. The van der Waals surface area contributed by atoms with Crippen molar-refractivity contribution < 1.29 is 14.0 Å². The number of amides is 1. The number of Topliss-reactive ketones (excluding diaryl/α,β-unsaturated/α-hetero) is 1. The van der Waals surface area contributed by atoms with E-state index in [4.69, 9.17) is 5.73 Å². The van der Waals surface area contributed by atoms with Crippen LogP contribution in [0.2, 0.25) is 0 Å². The number of aromatic amines is 1. The summed E-state index contributed by atoms with van der Waals surface area (Å²) in [6.45, 7) is 2.24. The van der Waals surface area contributed by atoms with Gasteiger partial charge in [-0.25, -0.2) is 4.39 Å². The van der Waals surface area contributed by atoms with Gasteiger partial charge in [0.2, 0.25) is 5.91 Å². The van der Waals surface area contributed by atoms with E-state index in [1.54, 1.807) is 0 Å². The van der Waals surface area contributed by atoms with Crippen molar-refractivity contribution in [2.45, 2.75) is 89.6 Å². The second kappa shape index (κ2) is 11.0. The number of nitrogens with zero attached hydrogens (tertiary/aromatic N) is 1. The van der Waals surface area contributed by atoms with E-state index in [1.807, 2.05) is 17.9 Å². The van der Waals surface area contributed by atoms with Crippen LogP contribution in [0.4, 0.5) is 4.39 Å². The van der Waals surface area contributed by atoms with Crippen molar-refractivity contribution in [3.05, 3.63) is 35.5 Å². The van der Waals surface area contributed by atoms with Gasteiger partial charge < -0.3 is 15.6 Å². The molecule has 0 spiro atoms. The van der Waals surface area contributed by atoms with E-state index in [0.717, 1.165) is 54.3 Å². The highest BCUT2D eigenvalue weighted by Crippen LogP contribution is 2.41. The lowest BCUT2D eigenvalue weighted by molar-refractivity contribution is -0.143. The average molecular weight is 496 g/mol. The van der Waals surface area contributed by atoms with Crippen molar-refractivity contribution in [1.82, 2.24) is 9.88 Å². The average Bonchev–Trinajstić information content (AvgIpc) is 3.51. The summed E-state index contributed by atoms with van der Waals surface area (Å²) in [4.78, 5) is 33.0. The topological polar surface area (TPSA) is 79.2 Å². The number of ketones is 1. The zero-order valence-corrected chi connectivity index (χ0v) is 21.7. The minimum atomic E-state index is -0.497. The van der Waals surface area contributed by atoms with Gasteiger partial charge in [-0.15, -0.1) is 0 Å². The molecule has 3 fully saturated rings. The molecule has 2 aliphatic carbocycles. The molecule has 1 aliphatic heterocycles. The van der Waals surface area contributed by atoms with E-state index in [0.29, 0.717) is 18.9 Å². The zero-order valence-electron chi connectivity index (χ0n) is 21.7. The number of nitrogens with one attached hydrogen (secondary N) is 1. The number of alkyl halides is 1. The molecule has 0 radical (unpaired) electrons. The standard InChI is InChI=1S/C30H42FN3O2/c1-19-15-24-16-20(7-12-27(24)33-19)17-28(35)29-25(21-5-3-2-4-6-21)13-14-34(29)30(36)23-10-8-22(9-11-23)26(32)18-31/h7,12,15-16,21-23,25-26,29,33H,2-6,8-11,13-14,17-18,32H2,1H3/t22?,23?,25-,26+,29-/m0/s1. The lowest BCUT2D eigenvalue weighted by Crippen LogP contribution is -2.48. The smallest absolute Gasteiger partial charge is 0.226 e. The van der Waals surface area contributed by atoms with Crippen molar-refractivity contribution in [2.24, 2.45) is 29.4 Å². The van der Waals surface area contributed by atoms with Crippen molar-refractivity contribution in [3.8, 4) is 0 Å². The molecular weight excluding hydrogens is 453 g/mol. The molecule has 2 heterocycles. The zero-order chi connectivity index (χ0) is 25.2. The van der Waals surface area contributed by atoms with E-state index in [1.165, 1.54) is 32.1 Å². The van der Waals surface area contributed by atoms with Crippen LogP contribution in [0, 0.1) is 30.6 Å². The van der Waals surface area contributed by atoms with Crippen LogP contribution in [0.1, 0.15) is 75.5 Å². The van der Waals surface area contributed by atoms with Crippen LogP contribution < -0.4 is 5.73 Å². The molecule has 0 unspecified atom stereocenters. The Morgan fingerprint density at radius 2 is 1.81 bits per heavy atom. The first kappa shape index (κ1) is 25.4. The van der Waals surface area contributed by atoms with Crippen molar-refractivity contribution in [2.75, 3.05) is 13.2 Å². The molecule has 1 aromatic carbocycles. The summed E-state index contributed by atoms with van der Waals surface area (Å²) in [5.41, 5.74) is 9.17. The maximum atomic E-state index is 13.9. The summed E-state index contributed by atoms with van der Waals surface area (Å²) in [5.74, 6) is 1.26. The fourth-order valence-electron chi connectivity index (χ4n) is 7.43. The SMILES string of the molecule is Cc1cc2cc(CC(=O)[C@@H]3[C@H](C4CCCCC4)CCN3C(=O)C3CCC([C@H](N)CF)CC3)ccc2[nH]1. The third kappa shape index (κ3) is 5.25. The Bertz CT molecular complexity index is 1070. The monoisotopic (exact) mass is 495 g/mol. The molecule has 2 saturated carbocycles. The molecule has 196 valence electrons. The first-order valence-electron chi connectivity index (χ1n) is 14.2. The number of hydrogen-bond acceptors (Lipinski definition) is 3. The van der Waals surface area contributed by atoms with Gasteiger partial charge >= 0.3 is 0 Å². The number of likely N-dealkylation sites (tertiary alicyclic amines) is 1. The minimum absolute atomic E-state index is 0.0624. The number of hydrogen-bond donors (Lipinski definition) is 2. The lowest BCUT2D eigenvalue weighted by atomic mass is 9.75. The normalized spacial score (nSPS) is 28.5. The van der Waals surface area contributed by atoms with Crippen LogP contribution in [0.25, 0.3) is 10.9 Å². The number of fused-ring (bicyclic) bond motifs is 1. The summed E-state index contributed by atoms with van der Waals surface area (Å²) in [6, 6.07) is 7.60. The largest absolute Gasteiger partial charge is 0.359 e. The first-order valence-corrected chi connectivity index (χ1v) is 14.2. The fourth-order valence-corrected chi connectivity index (χ4v) is 7.43. The summed E-state index contributed by atoms with van der Waals surface area (Å²) >= 11 is 0. The van der Waals surface area contributed by atoms with Crippen LogP contribution in [-0.4, -0.2) is 46.9 Å². The number of H-pyrrole nitrogens is 1. The summed E-state index contributed by atoms with van der Waals surface area (Å²) in [6.07, 6.45) is 10.5.